The van der Waals surface area contributed by atoms with E-state index >= 15 is 0 Å². The van der Waals surface area contributed by atoms with Crippen molar-refractivity contribution >= 4 is 22.6 Å². The van der Waals surface area contributed by atoms with Crippen LogP contribution in [-0.4, -0.2) is 45.8 Å². The van der Waals surface area contributed by atoms with Crippen LogP contribution < -0.4 is 15.4 Å². The summed E-state index contributed by atoms with van der Waals surface area (Å²) in [5.74, 6) is -0.998. The average Bonchev–Trinajstić information content (AvgIpc) is 3.46. The molecule has 1 amide bonds. The zero-order valence-electron chi connectivity index (χ0n) is 18.3. The molecule has 1 fully saturated rings. The number of anilines is 1. The number of fused-ring (bicyclic) bond motifs is 1. The molecule has 2 aromatic heterocycles. The van der Waals surface area contributed by atoms with E-state index in [1.807, 2.05) is 18.2 Å². The maximum absolute atomic E-state index is 14.0. The molecule has 176 valence electrons. The maximum Gasteiger partial charge on any atom is 0.261 e. The number of nitrogens with zero attached hydrogens (tertiary/aromatic N) is 2. The predicted molar refractivity (Wildman–Crippen MR) is 124 cm³/mol. The van der Waals surface area contributed by atoms with Gasteiger partial charge in [0.15, 0.2) is 11.5 Å². The fraction of sp³-hybridized carbons (Fsp3) is 0.292. The molecule has 4 aromatic rings. The first-order chi connectivity index (χ1) is 16.6. The van der Waals surface area contributed by atoms with E-state index in [0.29, 0.717) is 29.6 Å². The van der Waals surface area contributed by atoms with Gasteiger partial charge in [-0.05, 0) is 62.5 Å². The Labute approximate surface area is 194 Å². The molecule has 0 saturated carbocycles. The van der Waals surface area contributed by atoms with Crippen molar-refractivity contribution in [1.29, 1.82) is 0 Å². The minimum Gasteiger partial charge on any atom is -0.494 e. The molecule has 3 heterocycles. The van der Waals surface area contributed by atoms with Crippen LogP contribution in [0.15, 0.2) is 42.6 Å². The molecule has 8 nitrogen and oxygen atoms in total. The fourth-order valence-electron chi connectivity index (χ4n) is 4.17. The van der Waals surface area contributed by atoms with Gasteiger partial charge < -0.3 is 20.4 Å². The summed E-state index contributed by atoms with van der Waals surface area (Å²) >= 11 is 0. The summed E-state index contributed by atoms with van der Waals surface area (Å²) in [6.45, 7) is 2.78. The molecule has 0 spiro atoms. The van der Waals surface area contributed by atoms with Gasteiger partial charge in [0.2, 0.25) is 0 Å². The standard InChI is InChI=1S/C24H24F2N6O2/c25-16-2-1-3-17(26)21(16)24(33)31-20-13-28-32-22(20)23-29-18-5-4-15(12-19(18)30-23)34-11-8-14-6-9-27-10-7-14/h1-5,12-14,27H,6-11H2,(H,28,32)(H,29,30)(H,31,33). The lowest BCUT2D eigenvalue weighted by atomic mass is 9.95. The van der Waals surface area contributed by atoms with Gasteiger partial charge in [0.25, 0.3) is 5.91 Å². The number of carbonyl (C=O) groups excluding carboxylic acids is 1. The van der Waals surface area contributed by atoms with E-state index in [0.717, 1.165) is 42.9 Å². The van der Waals surface area contributed by atoms with E-state index in [-0.39, 0.29) is 5.69 Å². The van der Waals surface area contributed by atoms with E-state index in [1.165, 1.54) is 25.1 Å². The van der Waals surface area contributed by atoms with Gasteiger partial charge in [0.05, 0.1) is 23.3 Å². The minimum atomic E-state index is -0.945. The molecule has 34 heavy (non-hydrogen) atoms. The number of benzene rings is 2. The van der Waals surface area contributed by atoms with E-state index in [4.69, 9.17) is 4.74 Å². The first kappa shape index (κ1) is 22.0. The monoisotopic (exact) mass is 466 g/mol. The number of piperidine rings is 1. The van der Waals surface area contributed by atoms with Crippen molar-refractivity contribution in [3.63, 3.8) is 0 Å². The zero-order valence-corrected chi connectivity index (χ0v) is 18.3. The maximum atomic E-state index is 14.0. The van der Waals surface area contributed by atoms with Crippen LogP contribution in [0.1, 0.15) is 29.6 Å². The number of aromatic nitrogens is 4. The number of imidazole rings is 1. The van der Waals surface area contributed by atoms with Gasteiger partial charge in [-0.3, -0.25) is 9.89 Å². The highest BCUT2D eigenvalue weighted by Crippen LogP contribution is 2.28. The summed E-state index contributed by atoms with van der Waals surface area (Å²) in [5, 5.41) is 12.7. The van der Waals surface area contributed by atoms with Gasteiger partial charge in [-0.1, -0.05) is 6.07 Å². The molecule has 2 aromatic carbocycles. The van der Waals surface area contributed by atoms with Crippen LogP contribution in [0.4, 0.5) is 14.5 Å². The van der Waals surface area contributed by atoms with Crippen molar-refractivity contribution in [2.45, 2.75) is 19.3 Å². The molecule has 1 aliphatic heterocycles. The molecule has 0 bridgehead atoms. The van der Waals surface area contributed by atoms with Crippen LogP contribution >= 0.6 is 0 Å². The Morgan fingerprint density at radius 2 is 1.94 bits per heavy atom. The third-order valence-corrected chi connectivity index (χ3v) is 6.01. The number of amides is 1. The van der Waals surface area contributed by atoms with E-state index in [2.05, 4.69) is 30.8 Å². The molecule has 0 radical (unpaired) electrons. The first-order valence-corrected chi connectivity index (χ1v) is 11.2. The summed E-state index contributed by atoms with van der Waals surface area (Å²) in [6.07, 6.45) is 4.80. The second kappa shape index (κ2) is 9.60. The number of ether oxygens (including phenoxy) is 1. The Morgan fingerprint density at radius 3 is 2.74 bits per heavy atom. The highest BCUT2D eigenvalue weighted by Gasteiger charge is 2.21. The quantitative estimate of drug-likeness (QED) is 0.326. The number of hydrogen-bond donors (Lipinski definition) is 4. The lowest BCUT2D eigenvalue weighted by molar-refractivity contribution is 0.101. The molecule has 4 N–H and O–H groups in total. The van der Waals surface area contributed by atoms with Crippen molar-refractivity contribution in [3.05, 3.63) is 59.8 Å². The average molecular weight is 466 g/mol. The number of hydrogen-bond acceptors (Lipinski definition) is 5. The van der Waals surface area contributed by atoms with Gasteiger partial charge >= 0.3 is 0 Å². The molecule has 10 heteroatoms. The van der Waals surface area contributed by atoms with Gasteiger partial charge in [-0.2, -0.15) is 5.10 Å². The molecule has 5 rings (SSSR count). The number of carbonyl (C=O) groups is 1. The number of rotatable bonds is 7. The summed E-state index contributed by atoms with van der Waals surface area (Å²) in [7, 11) is 0. The lowest BCUT2D eigenvalue weighted by Gasteiger charge is -2.22. The number of aromatic amines is 2. The predicted octanol–water partition coefficient (Wildman–Crippen LogP) is 4.25. The largest absolute Gasteiger partial charge is 0.494 e. The molecular formula is C24H24F2N6O2. The van der Waals surface area contributed by atoms with E-state index in [9.17, 15) is 13.6 Å². The van der Waals surface area contributed by atoms with E-state index < -0.39 is 23.1 Å². The molecule has 1 saturated heterocycles. The summed E-state index contributed by atoms with van der Waals surface area (Å²) in [6, 6.07) is 8.84. The number of H-pyrrole nitrogens is 2. The van der Waals surface area contributed by atoms with Crippen molar-refractivity contribution in [2.24, 2.45) is 5.92 Å². The van der Waals surface area contributed by atoms with Crippen LogP contribution in [0, 0.1) is 17.6 Å². The Hall–Kier alpha value is -3.79. The van der Waals surface area contributed by atoms with Crippen molar-refractivity contribution in [3.8, 4) is 17.3 Å². The summed E-state index contributed by atoms with van der Waals surface area (Å²) in [5.41, 5.74) is 1.33. The van der Waals surface area contributed by atoms with Gasteiger partial charge in [0, 0.05) is 12.3 Å². The summed E-state index contributed by atoms with van der Waals surface area (Å²) in [4.78, 5) is 20.2. The normalized spacial score (nSPS) is 14.4. The first-order valence-electron chi connectivity index (χ1n) is 11.2. The van der Waals surface area contributed by atoms with Crippen LogP contribution in [0.3, 0.4) is 0 Å². The Balaban J connectivity index is 1.30. The fourth-order valence-corrected chi connectivity index (χ4v) is 4.17. The topological polar surface area (TPSA) is 108 Å². The lowest BCUT2D eigenvalue weighted by Crippen LogP contribution is -2.28. The highest BCUT2D eigenvalue weighted by atomic mass is 19.1. The van der Waals surface area contributed by atoms with Gasteiger partial charge in [-0.25, -0.2) is 13.8 Å². The zero-order chi connectivity index (χ0) is 23.5. The number of halogens is 2. The summed E-state index contributed by atoms with van der Waals surface area (Å²) < 4.78 is 33.9. The molecule has 0 atom stereocenters. The second-order valence-electron chi connectivity index (χ2n) is 8.29. The van der Waals surface area contributed by atoms with Crippen LogP contribution in [0.5, 0.6) is 5.75 Å². The van der Waals surface area contributed by atoms with Crippen LogP contribution in [-0.2, 0) is 0 Å². The van der Waals surface area contributed by atoms with Crippen molar-refractivity contribution in [2.75, 3.05) is 25.0 Å². The smallest absolute Gasteiger partial charge is 0.261 e. The van der Waals surface area contributed by atoms with Crippen LogP contribution in [0.2, 0.25) is 0 Å². The molecule has 1 aliphatic rings. The Kier molecular flexibility index (Phi) is 6.22. The van der Waals surface area contributed by atoms with E-state index in [1.54, 1.807) is 0 Å². The molecule has 0 unspecified atom stereocenters. The Morgan fingerprint density at radius 1 is 1.15 bits per heavy atom. The third-order valence-electron chi connectivity index (χ3n) is 6.01. The minimum absolute atomic E-state index is 0.241. The van der Waals surface area contributed by atoms with Crippen molar-refractivity contribution < 1.29 is 18.3 Å². The SMILES string of the molecule is O=C(Nc1c[nH]nc1-c1nc2cc(OCCC3CCNCC3)ccc2[nH]1)c1c(F)cccc1F. The third kappa shape index (κ3) is 4.62. The van der Waals surface area contributed by atoms with Gasteiger partial charge in [-0.15, -0.1) is 0 Å². The Bertz CT molecular complexity index is 1290. The van der Waals surface area contributed by atoms with Crippen molar-refractivity contribution in [1.82, 2.24) is 25.5 Å². The van der Waals surface area contributed by atoms with Crippen LogP contribution in [0.25, 0.3) is 22.6 Å². The number of nitrogens with one attached hydrogen (secondary N) is 4. The molecular weight excluding hydrogens is 442 g/mol. The molecule has 0 aliphatic carbocycles. The van der Waals surface area contributed by atoms with Gasteiger partial charge in [0.1, 0.15) is 22.9 Å². The highest BCUT2D eigenvalue weighted by molar-refractivity contribution is 6.06. The second-order valence-corrected chi connectivity index (χ2v) is 8.29.